The number of nitrogens with one attached hydrogen (secondary N) is 2. The highest BCUT2D eigenvalue weighted by Crippen LogP contribution is 2.17. The van der Waals surface area contributed by atoms with Crippen molar-refractivity contribution < 1.29 is 18.1 Å². The number of nitro groups is 1. The van der Waals surface area contributed by atoms with E-state index in [0.717, 1.165) is 6.07 Å². The minimum Gasteiger partial charge on any atom is -0.325 e. The average molecular weight is 370 g/mol. The summed E-state index contributed by atoms with van der Waals surface area (Å²) in [6.07, 6.45) is 0. The molecular formula is C14H12ClN3O5S. The van der Waals surface area contributed by atoms with Gasteiger partial charge in [0.1, 0.15) is 0 Å². The van der Waals surface area contributed by atoms with Crippen LogP contribution in [-0.2, 0) is 14.8 Å². The molecule has 0 aromatic heterocycles. The molecule has 0 spiro atoms. The van der Waals surface area contributed by atoms with E-state index in [-0.39, 0.29) is 10.6 Å². The summed E-state index contributed by atoms with van der Waals surface area (Å²) in [5.74, 6) is -0.591. The van der Waals surface area contributed by atoms with Crippen LogP contribution in [0.2, 0.25) is 5.02 Å². The molecule has 1 amide bonds. The fraction of sp³-hybridized carbons (Fsp3) is 0.0714. The van der Waals surface area contributed by atoms with Gasteiger partial charge in [-0.15, -0.1) is 0 Å². The number of carbonyl (C=O) groups is 1. The van der Waals surface area contributed by atoms with Gasteiger partial charge in [-0.3, -0.25) is 14.9 Å². The Labute approximate surface area is 142 Å². The Bertz CT molecular complexity index is 868. The molecule has 0 heterocycles. The zero-order valence-corrected chi connectivity index (χ0v) is 13.7. The number of carbonyl (C=O) groups excluding carboxylic acids is 1. The van der Waals surface area contributed by atoms with Gasteiger partial charge >= 0.3 is 0 Å². The van der Waals surface area contributed by atoms with Crippen molar-refractivity contribution in [1.29, 1.82) is 0 Å². The summed E-state index contributed by atoms with van der Waals surface area (Å²) in [6, 6.07) is 10.8. The summed E-state index contributed by atoms with van der Waals surface area (Å²) in [5, 5.41) is 13.7. The molecule has 0 saturated heterocycles. The Morgan fingerprint density at radius 1 is 1.17 bits per heavy atom. The lowest BCUT2D eigenvalue weighted by Crippen LogP contribution is -2.32. The van der Waals surface area contributed by atoms with E-state index in [0.29, 0.717) is 10.7 Å². The Morgan fingerprint density at radius 3 is 2.46 bits per heavy atom. The number of sulfonamides is 1. The second-order valence-corrected chi connectivity index (χ2v) is 6.84. The van der Waals surface area contributed by atoms with Crippen LogP contribution in [0.15, 0.2) is 53.4 Å². The maximum Gasteiger partial charge on any atom is 0.270 e. The van der Waals surface area contributed by atoms with Gasteiger partial charge in [-0.25, -0.2) is 13.1 Å². The summed E-state index contributed by atoms with van der Waals surface area (Å²) in [4.78, 5) is 21.5. The molecule has 0 atom stereocenters. The maximum absolute atomic E-state index is 12.1. The van der Waals surface area contributed by atoms with E-state index in [2.05, 4.69) is 10.0 Å². The van der Waals surface area contributed by atoms with Gasteiger partial charge in [-0.05, 0) is 30.3 Å². The van der Waals surface area contributed by atoms with Crippen molar-refractivity contribution >= 4 is 38.9 Å². The molecule has 2 aromatic carbocycles. The van der Waals surface area contributed by atoms with Gasteiger partial charge in [0.15, 0.2) is 0 Å². The van der Waals surface area contributed by atoms with Crippen LogP contribution in [0.1, 0.15) is 0 Å². The van der Waals surface area contributed by atoms with E-state index in [1.54, 1.807) is 24.3 Å². The Morgan fingerprint density at radius 2 is 1.83 bits per heavy atom. The third kappa shape index (κ3) is 4.75. The third-order valence-electron chi connectivity index (χ3n) is 2.89. The molecular weight excluding hydrogens is 358 g/mol. The van der Waals surface area contributed by atoms with Gasteiger partial charge in [0.25, 0.3) is 5.69 Å². The van der Waals surface area contributed by atoms with Crippen molar-refractivity contribution in [2.45, 2.75) is 4.90 Å². The van der Waals surface area contributed by atoms with E-state index < -0.39 is 27.4 Å². The number of amides is 1. The van der Waals surface area contributed by atoms with Crippen LogP contribution in [0.5, 0.6) is 0 Å². The topological polar surface area (TPSA) is 118 Å². The molecule has 0 aliphatic rings. The predicted octanol–water partition coefficient (Wildman–Crippen LogP) is 2.17. The highest BCUT2D eigenvalue weighted by molar-refractivity contribution is 7.89. The van der Waals surface area contributed by atoms with E-state index in [4.69, 9.17) is 11.6 Å². The predicted molar refractivity (Wildman–Crippen MR) is 88.4 cm³/mol. The standard InChI is InChI=1S/C14H12ClN3O5S/c15-10-4-6-11(7-5-10)17-14(19)9-16-24(22,23)13-3-1-2-12(8-13)18(20)21/h1-8,16H,9H2,(H,17,19). The molecule has 2 rings (SSSR count). The number of benzene rings is 2. The van der Waals surface area contributed by atoms with Crippen molar-refractivity contribution in [3.8, 4) is 0 Å². The van der Waals surface area contributed by atoms with Crippen molar-refractivity contribution in [3.63, 3.8) is 0 Å². The summed E-state index contributed by atoms with van der Waals surface area (Å²) < 4.78 is 26.2. The minimum absolute atomic E-state index is 0.295. The molecule has 126 valence electrons. The molecule has 0 aliphatic carbocycles. The second-order valence-electron chi connectivity index (χ2n) is 4.63. The van der Waals surface area contributed by atoms with E-state index in [9.17, 15) is 23.3 Å². The molecule has 24 heavy (non-hydrogen) atoms. The van der Waals surface area contributed by atoms with Crippen LogP contribution >= 0.6 is 11.6 Å². The lowest BCUT2D eigenvalue weighted by atomic mass is 10.3. The highest BCUT2D eigenvalue weighted by atomic mass is 35.5. The van der Waals surface area contributed by atoms with Crippen molar-refractivity contribution in [2.24, 2.45) is 0 Å². The van der Waals surface area contributed by atoms with E-state index in [1.807, 2.05) is 0 Å². The first-order chi connectivity index (χ1) is 11.3. The van der Waals surface area contributed by atoms with Gasteiger partial charge in [-0.2, -0.15) is 0 Å². The van der Waals surface area contributed by atoms with Crippen LogP contribution in [-0.4, -0.2) is 25.8 Å². The number of hydrogen-bond donors (Lipinski definition) is 2. The molecule has 0 fully saturated rings. The Balaban J connectivity index is 2.01. The molecule has 0 aliphatic heterocycles. The lowest BCUT2D eigenvalue weighted by Gasteiger charge is -2.08. The third-order valence-corrected chi connectivity index (χ3v) is 4.54. The fourth-order valence-corrected chi connectivity index (χ4v) is 2.89. The lowest BCUT2D eigenvalue weighted by molar-refractivity contribution is -0.385. The van der Waals surface area contributed by atoms with Crippen LogP contribution in [0.3, 0.4) is 0 Å². The molecule has 2 N–H and O–H groups in total. The molecule has 0 radical (unpaired) electrons. The Kier molecular flexibility index (Phi) is 5.50. The van der Waals surface area contributed by atoms with E-state index >= 15 is 0 Å². The monoisotopic (exact) mass is 369 g/mol. The molecule has 0 unspecified atom stereocenters. The molecule has 2 aromatic rings. The number of anilines is 1. The Hall–Kier alpha value is -2.49. The first kappa shape index (κ1) is 17.9. The summed E-state index contributed by atoms with van der Waals surface area (Å²) in [7, 11) is -4.05. The normalized spacial score (nSPS) is 11.0. The SMILES string of the molecule is O=C(CNS(=O)(=O)c1cccc([N+](=O)[O-])c1)Nc1ccc(Cl)cc1. The summed E-state index contributed by atoms with van der Waals surface area (Å²) in [5.41, 5.74) is 0.0995. The number of rotatable bonds is 6. The van der Waals surface area contributed by atoms with Crippen molar-refractivity contribution in [1.82, 2.24) is 4.72 Å². The largest absolute Gasteiger partial charge is 0.325 e. The summed E-state index contributed by atoms with van der Waals surface area (Å²) >= 11 is 5.72. The van der Waals surface area contributed by atoms with Crippen LogP contribution in [0.25, 0.3) is 0 Å². The molecule has 0 saturated carbocycles. The number of nitrogens with zero attached hydrogens (tertiary/aromatic N) is 1. The second kappa shape index (κ2) is 7.39. The van der Waals surface area contributed by atoms with Gasteiger partial charge in [-0.1, -0.05) is 17.7 Å². The maximum atomic E-state index is 12.1. The molecule has 0 bridgehead atoms. The molecule has 10 heteroatoms. The van der Waals surface area contributed by atoms with Gasteiger partial charge in [0, 0.05) is 22.8 Å². The molecule has 8 nitrogen and oxygen atoms in total. The number of halogens is 1. The van der Waals surface area contributed by atoms with Crippen molar-refractivity contribution in [2.75, 3.05) is 11.9 Å². The highest BCUT2D eigenvalue weighted by Gasteiger charge is 2.18. The average Bonchev–Trinajstić information content (AvgIpc) is 2.55. The number of non-ortho nitro benzene ring substituents is 1. The van der Waals surface area contributed by atoms with Gasteiger partial charge in [0.05, 0.1) is 16.4 Å². The van der Waals surface area contributed by atoms with Gasteiger partial charge < -0.3 is 5.32 Å². The van der Waals surface area contributed by atoms with E-state index in [1.165, 1.54) is 18.2 Å². The number of nitro benzene ring substituents is 1. The minimum atomic E-state index is -4.05. The smallest absolute Gasteiger partial charge is 0.270 e. The van der Waals surface area contributed by atoms with Crippen LogP contribution in [0, 0.1) is 10.1 Å². The van der Waals surface area contributed by atoms with Crippen LogP contribution < -0.4 is 10.0 Å². The first-order valence-corrected chi connectivity index (χ1v) is 8.43. The number of hydrogen-bond acceptors (Lipinski definition) is 5. The zero-order chi connectivity index (χ0) is 17.7. The van der Waals surface area contributed by atoms with Gasteiger partial charge in [0.2, 0.25) is 15.9 Å². The van der Waals surface area contributed by atoms with Crippen molar-refractivity contribution in [3.05, 3.63) is 63.7 Å². The zero-order valence-electron chi connectivity index (χ0n) is 12.1. The fourth-order valence-electron chi connectivity index (χ4n) is 1.75. The van der Waals surface area contributed by atoms with Crippen LogP contribution in [0.4, 0.5) is 11.4 Å². The first-order valence-electron chi connectivity index (χ1n) is 6.57. The quantitative estimate of drug-likeness (QED) is 0.597. The summed E-state index contributed by atoms with van der Waals surface area (Å²) in [6.45, 7) is -0.520.